The van der Waals surface area contributed by atoms with Crippen molar-refractivity contribution in [3.8, 4) is 5.69 Å². The van der Waals surface area contributed by atoms with E-state index in [1.807, 2.05) is 6.20 Å². The first-order valence-electron chi connectivity index (χ1n) is 5.17. The van der Waals surface area contributed by atoms with Crippen LogP contribution in [0.4, 0.5) is 4.39 Å². The van der Waals surface area contributed by atoms with Crippen LogP contribution in [-0.4, -0.2) is 14.9 Å². The molecule has 1 N–H and O–H groups in total. The molecule has 0 amide bonds. The van der Waals surface area contributed by atoms with E-state index in [-0.39, 0.29) is 5.82 Å². The average molecular weight is 346 g/mol. The first-order chi connectivity index (χ1) is 7.99. The Balaban J connectivity index is 2.63. The van der Waals surface area contributed by atoms with Crippen molar-refractivity contribution in [2.45, 2.75) is 20.0 Å². The summed E-state index contributed by atoms with van der Waals surface area (Å²) < 4.78 is 16.1. The van der Waals surface area contributed by atoms with Gasteiger partial charge in [0.05, 0.1) is 21.6 Å². The van der Waals surface area contributed by atoms with Crippen molar-refractivity contribution in [1.29, 1.82) is 0 Å². The van der Waals surface area contributed by atoms with Gasteiger partial charge in [0.2, 0.25) is 0 Å². The minimum absolute atomic E-state index is 0.313. The standard InChI is InChI=1S/C12H12FIN2O/c1-7-3-12(16-6-9(14)5-15-16)10(8(2)17)4-11(7)13/h3-6,8,17H,1-2H3/t8-/m1/s1. The van der Waals surface area contributed by atoms with Gasteiger partial charge in [0.15, 0.2) is 0 Å². The largest absolute Gasteiger partial charge is 0.389 e. The Labute approximate surface area is 112 Å². The summed E-state index contributed by atoms with van der Waals surface area (Å²) in [7, 11) is 0. The molecule has 0 aliphatic carbocycles. The Kier molecular flexibility index (Phi) is 3.48. The molecule has 0 radical (unpaired) electrons. The molecule has 2 aromatic rings. The Hall–Kier alpha value is -0.950. The minimum Gasteiger partial charge on any atom is -0.389 e. The van der Waals surface area contributed by atoms with Gasteiger partial charge in [-0.1, -0.05) is 0 Å². The van der Waals surface area contributed by atoms with Crippen molar-refractivity contribution >= 4 is 22.6 Å². The predicted octanol–water partition coefficient (Wildman–Crippen LogP) is 2.98. The number of aryl methyl sites for hydroxylation is 1. The highest BCUT2D eigenvalue weighted by atomic mass is 127. The molecule has 0 fully saturated rings. The van der Waals surface area contributed by atoms with Crippen LogP contribution in [0.5, 0.6) is 0 Å². The monoisotopic (exact) mass is 346 g/mol. The molecule has 0 unspecified atom stereocenters. The molecule has 3 nitrogen and oxygen atoms in total. The maximum absolute atomic E-state index is 13.5. The number of halogens is 2. The van der Waals surface area contributed by atoms with E-state index in [2.05, 4.69) is 27.7 Å². The molecule has 0 spiro atoms. The van der Waals surface area contributed by atoms with Crippen LogP contribution >= 0.6 is 22.6 Å². The lowest BCUT2D eigenvalue weighted by Crippen LogP contribution is -2.05. The van der Waals surface area contributed by atoms with Crippen molar-refractivity contribution in [3.05, 3.63) is 45.0 Å². The molecular formula is C12H12FIN2O. The second-order valence-electron chi connectivity index (χ2n) is 3.94. The zero-order valence-corrected chi connectivity index (χ0v) is 11.6. The number of aliphatic hydroxyl groups is 1. The summed E-state index contributed by atoms with van der Waals surface area (Å²) >= 11 is 2.15. The summed E-state index contributed by atoms with van der Waals surface area (Å²) in [6.07, 6.45) is 2.81. The number of rotatable bonds is 2. The molecular weight excluding hydrogens is 334 g/mol. The van der Waals surface area contributed by atoms with Crippen molar-refractivity contribution in [3.63, 3.8) is 0 Å². The average Bonchev–Trinajstić information content (AvgIpc) is 2.68. The van der Waals surface area contributed by atoms with Crippen molar-refractivity contribution in [2.75, 3.05) is 0 Å². The van der Waals surface area contributed by atoms with E-state index in [0.29, 0.717) is 16.8 Å². The van der Waals surface area contributed by atoms with E-state index in [1.54, 1.807) is 30.8 Å². The molecule has 1 atom stereocenters. The van der Waals surface area contributed by atoms with E-state index < -0.39 is 6.10 Å². The Morgan fingerprint density at radius 2 is 2.18 bits per heavy atom. The summed E-state index contributed by atoms with van der Waals surface area (Å²) in [5.74, 6) is -0.313. The molecule has 0 bridgehead atoms. The van der Waals surface area contributed by atoms with Crippen LogP contribution in [0.2, 0.25) is 0 Å². The predicted molar refractivity (Wildman–Crippen MR) is 71.6 cm³/mol. The third-order valence-corrected chi connectivity index (χ3v) is 3.11. The van der Waals surface area contributed by atoms with Crippen molar-refractivity contribution in [2.24, 2.45) is 0 Å². The normalized spacial score (nSPS) is 12.8. The number of nitrogens with zero attached hydrogens (tertiary/aromatic N) is 2. The summed E-state index contributed by atoms with van der Waals surface area (Å²) in [5.41, 5.74) is 1.78. The van der Waals surface area contributed by atoms with Crippen molar-refractivity contribution in [1.82, 2.24) is 9.78 Å². The first-order valence-corrected chi connectivity index (χ1v) is 6.25. The molecule has 2 rings (SSSR count). The molecule has 0 aliphatic heterocycles. The SMILES string of the molecule is Cc1cc(-n2cc(I)cn2)c([C@@H](C)O)cc1F. The summed E-state index contributed by atoms with van der Waals surface area (Å²) in [6, 6.07) is 3.06. The van der Waals surface area contributed by atoms with Gasteiger partial charge in [-0.15, -0.1) is 0 Å². The third kappa shape index (κ3) is 2.50. The first kappa shape index (κ1) is 12.5. The van der Waals surface area contributed by atoms with E-state index in [0.717, 1.165) is 3.57 Å². The zero-order valence-electron chi connectivity index (χ0n) is 9.48. The smallest absolute Gasteiger partial charge is 0.126 e. The van der Waals surface area contributed by atoms with Gasteiger partial charge < -0.3 is 5.11 Å². The second-order valence-corrected chi connectivity index (χ2v) is 5.18. The Morgan fingerprint density at radius 3 is 2.71 bits per heavy atom. The maximum atomic E-state index is 13.5. The summed E-state index contributed by atoms with van der Waals surface area (Å²) in [6.45, 7) is 3.31. The quantitative estimate of drug-likeness (QED) is 0.849. The van der Waals surface area contributed by atoms with E-state index in [4.69, 9.17) is 0 Å². The lowest BCUT2D eigenvalue weighted by molar-refractivity contribution is 0.198. The fourth-order valence-corrected chi connectivity index (χ4v) is 2.04. The third-order valence-electron chi connectivity index (χ3n) is 2.56. The summed E-state index contributed by atoms with van der Waals surface area (Å²) in [4.78, 5) is 0. The van der Waals surface area contributed by atoms with E-state index in [1.165, 1.54) is 6.07 Å². The molecule has 0 saturated heterocycles. The van der Waals surface area contributed by atoms with Crippen LogP contribution in [0, 0.1) is 16.3 Å². The fourth-order valence-electron chi connectivity index (χ4n) is 1.65. The Bertz CT molecular complexity index is 551. The van der Waals surface area contributed by atoms with Gasteiger partial charge in [-0.05, 0) is 54.1 Å². The van der Waals surface area contributed by atoms with Gasteiger partial charge in [0.1, 0.15) is 5.82 Å². The summed E-state index contributed by atoms with van der Waals surface area (Å²) in [5, 5.41) is 13.9. The molecule has 0 aliphatic rings. The number of hydrogen-bond acceptors (Lipinski definition) is 2. The van der Waals surface area contributed by atoms with Crippen LogP contribution < -0.4 is 0 Å². The van der Waals surface area contributed by atoms with Gasteiger partial charge in [-0.25, -0.2) is 9.07 Å². The van der Waals surface area contributed by atoms with Gasteiger partial charge in [-0.3, -0.25) is 0 Å². The molecule has 17 heavy (non-hydrogen) atoms. The molecule has 0 saturated carbocycles. The van der Waals surface area contributed by atoms with Gasteiger partial charge >= 0.3 is 0 Å². The van der Waals surface area contributed by atoms with Crippen LogP contribution in [-0.2, 0) is 0 Å². The van der Waals surface area contributed by atoms with Crippen molar-refractivity contribution < 1.29 is 9.50 Å². The van der Waals surface area contributed by atoms with Crippen LogP contribution in [0.25, 0.3) is 5.69 Å². The number of aliphatic hydroxyl groups excluding tert-OH is 1. The number of aromatic nitrogens is 2. The minimum atomic E-state index is -0.734. The highest BCUT2D eigenvalue weighted by molar-refractivity contribution is 14.1. The van der Waals surface area contributed by atoms with Gasteiger partial charge in [-0.2, -0.15) is 5.10 Å². The molecule has 1 aromatic heterocycles. The van der Waals surface area contributed by atoms with Crippen LogP contribution in [0.1, 0.15) is 24.2 Å². The Morgan fingerprint density at radius 1 is 1.47 bits per heavy atom. The van der Waals surface area contributed by atoms with Gasteiger partial charge in [0.25, 0.3) is 0 Å². The highest BCUT2D eigenvalue weighted by Crippen LogP contribution is 2.25. The zero-order chi connectivity index (χ0) is 12.6. The molecule has 1 heterocycles. The van der Waals surface area contributed by atoms with E-state index in [9.17, 15) is 9.50 Å². The maximum Gasteiger partial charge on any atom is 0.126 e. The van der Waals surface area contributed by atoms with Gasteiger partial charge in [0, 0.05) is 11.8 Å². The topological polar surface area (TPSA) is 38.0 Å². The number of benzene rings is 1. The molecule has 5 heteroatoms. The number of hydrogen-bond donors (Lipinski definition) is 1. The van der Waals surface area contributed by atoms with Crippen LogP contribution in [0.3, 0.4) is 0 Å². The lowest BCUT2D eigenvalue weighted by atomic mass is 10.1. The van der Waals surface area contributed by atoms with E-state index >= 15 is 0 Å². The van der Waals surface area contributed by atoms with Crippen LogP contribution in [0.15, 0.2) is 24.5 Å². The fraction of sp³-hybridized carbons (Fsp3) is 0.250. The molecule has 1 aromatic carbocycles. The highest BCUT2D eigenvalue weighted by Gasteiger charge is 2.13. The molecule has 90 valence electrons. The second kappa shape index (κ2) is 4.73. The lowest BCUT2D eigenvalue weighted by Gasteiger charge is -2.13.